The SMILES string of the molecule is Fc1ccnc(Oc2cccc(-c3ccc4c5ccccc5n(-c5cccc(F)n5)c4c3)c2)c1. The summed E-state index contributed by atoms with van der Waals surface area (Å²) in [6.07, 6.45) is 1.36. The maximum absolute atomic E-state index is 14.0. The molecule has 0 fully saturated rings. The number of benzene rings is 3. The minimum Gasteiger partial charge on any atom is -0.439 e. The first-order valence-electron chi connectivity index (χ1n) is 10.7. The Kier molecular flexibility index (Phi) is 4.77. The van der Waals surface area contributed by atoms with Crippen LogP contribution in [-0.2, 0) is 0 Å². The first-order valence-corrected chi connectivity index (χ1v) is 10.7. The highest BCUT2D eigenvalue weighted by Gasteiger charge is 2.14. The lowest BCUT2D eigenvalue weighted by Gasteiger charge is -2.09. The van der Waals surface area contributed by atoms with Crippen LogP contribution in [-0.4, -0.2) is 14.5 Å². The Labute approximate surface area is 193 Å². The summed E-state index contributed by atoms with van der Waals surface area (Å²) in [6, 6.07) is 29.0. The highest BCUT2D eigenvalue weighted by molar-refractivity contribution is 6.10. The number of aromatic nitrogens is 3. The maximum atomic E-state index is 14.0. The number of hydrogen-bond acceptors (Lipinski definition) is 3. The number of pyridine rings is 2. The summed E-state index contributed by atoms with van der Waals surface area (Å²) in [4.78, 5) is 8.18. The molecule has 0 atom stereocenters. The van der Waals surface area contributed by atoms with Crippen LogP contribution in [0.5, 0.6) is 11.6 Å². The van der Waals surface area contributed by atoms with Gasteiger partial charge in [0.05, 0.1) is 11.0 Å². The van der Waals surface area contributed by atoms with E-state index >= 15 is 0 Å². The summed E-state index contributed by atoms with van der Waals surface area (Å²) >= 11 is 0. The van der Waals surface area contributed by atoms with Crippen LogP contribution in [0.2, 0.25) is 0 Å². The van der Waals surface area contributed by atoms with Gasteiger partial charge in [0.2, 0.25) is 11.8 Å². The number of halogens is 2. The number of rotatable bonds is 4. The molecule has 3 aromatic heterocycles. The molecule has 34 heavy (non-hydrogen) atoms. The van der Waals surface area contributed by atoms with Gasteiger partial charge in [-0.3, -0.25) is 4.57 Å². The van der Waals surface area contributed by atoms with Crippen LogP contribution in [0.1, 0.15) is 0 Å². The third-order valence-electron chi connectivity index (χ3n) is 5.69. The van der Waals surface area contributed by atoms with E-state index in [0.29, 0.717) is 11.6 Å². The molecular formula is C28H17F2N3O. The number of nitrogens with zero attached hydrogens (tertiary/aromatic N) is 3. The van der Waals surface area contributed by atoms with E-state index in [1.54, 1.807) is 18.2 Å². The molecule has 3 aromatic carbocycles. The number of para-hydroxylation sites is 1. The van der Waals surface area contributed by atoms with E-state index in [-0.39, 0.29) is 5.88 Å². The highest BCUT2D eigenvalue weighted by Crippen LogP contribution is 2.35. The molecule has 6 aromatic rings. The van der Waals surface area contributed by atoms with Crippen LogP contribution in [0.4, 0.5) is 8.78 Å². The molecule has 0 bridgehead atoms. The van der Waals surface area contributed by atoms with Crippen LogP contribution in [0.3, 0.4) is 0 Å². The lowest BCUT2D eigenvalue weighted by Crippen LogP contribution is -1.98. The van der Waals surface area contributed by atoms with Gasteiger partial charge in [-0.2, -0.15) is 4.39 Å². The minimum absolute atomic E-state index is 0.185. The van der Waals surface area contributed by atoms with E-state index in [1.807, 2.05) is 53.1 Å². The fraction of sp³-hybridized carbons (Fsp3) is 0. The van der Waals surface area contributed by atoms with Crippen molar-refractivity contribution in [2.75, 3.05) is 0 Å². The zero-order chi connectivity index (χ0) is 23.1. The van der Waals surface area contributed by atoms with Gasteiger partial charge in [0.1, 0.15) is 17.4 Å². The van der Waals surface area contributed by atoms with Gasteiger partial charge in [0.25, 0.3) is 0 Å². The normalized spacial score (nSPS) is 11.2. The molecule has 0 radical (unpaired) electrons. The molecule has 0 aliphatic heterocycles. The van der Waals surface area contributed by atoms with Crippen molar-refractivity contribution >= 4 is 21.8 Å². The van der Waals surface area contributed by atoms with Gasteiger partial charge < -0.3 is 4.74 Å². The van der Waals surface area contributed by atoms with Gasteiger partial charge in [-0.1, -0.05) is 48.5 Å². The highest BCUT2D eigenvalue weighted by atomic mass is 19.1. The Bertz CT molecular complexity index is 1680. The van der Waals surface area contributed by atoms with E-state index in [2.05, 4.69) is 22.1 Å². The maximum Gasteiger partial charge on any atom is 0.222 e. The van der Waals surface area contributed by atoms with E-state index < -0.39 is 11.8 Å². The zero-order valence-corrected chi connectivity index (χ0v) is 17.8. The fourth-order valence-corrected chi connectivity index (χ4v) is 4.22. The van der Waals surface area contributed by atoms with E-state index in [0.717, 1.165) is 32.9 Å². The lowest BCUT2D eigenvalue weighted by atomic mass is 10.0. The number of ether oxygens (including phenoxy) is 1. The molecule has 6 rings (SSSR count). The Morgan fingerprint density at radius 3 is 2.38 bits per heavy atom. The van der Waals surface area contributed by atoms with Crippen LogP contribution in [0.15, 0.2) is 103 Å². The number of hydrogen-bond donors (Lipinski definition) is 0. The first kappa shape index (κ1) is 20.1. The largest absolute Gasteiger partial charge is 0.439 e. The molecule has 0 spiro atoms. The summed E-state index contributed by atoms with van der Waals surface area (Å²) in [5.41, 5.74) is 3.72. The second-order valence-corrected chi connectivity index (χ2v) is 7.85. The monoisotopic (exact) mass is 449 g/mol. The van der Waals surface area contributed by atoms with Gasteiger partial charge >= 0.3 is 0 Å². The predicted octanol–water partition coefficient (Wildman–Crippen LogP) is 7.31. The Balaban J connectivity index is 1.49. The molecular weight excluding hydrogens is 432 g/mol. The molecule has 4 nitrogen and oxygen atoms in total. The van der Waals surface area contributed by atoms with Crippen molar-refractivity contribution in [3.63, 3.8) is 0 Å². The zero-order valence-electron chi connectivity index (χ0n) is 17.8. The summed E-state index contributed by atoms with van der Waals surface area (Å²) in [7, 11) is 0. The molecule has 164 valence electrons. The standard InChI is InChI=1S/C28H17F2N3O/c29-20-13-14-31-28(17-20)34-21-6-3-5-18(15-21)19-11-12-23-22-7-1-2-8-24(22)33(25(23)16-19)27-10-4-9-26(30)32-27/h1-17H. The Hall–Kier alpha value is -4.58. The van der Waals surface area contributed by atoms with E-state index in [9.17, 15) is 8.78 Å². The van der Waals surface area contributed by atoms with Crippen molar-refractivity contribution < 1.29 is 13.5 Å². The molecule has 6 heteroatoms. The van der Waals surface area contributed by atoms with Crippen LogP contribution in [0, 0.1) is 11.8 Å². The summed E-state index contributed by atoms with van der Waals surface area (Å²) in [6.45, 7) is 0. The van der Waals surface area contributed by atoms with Crippen LogP contribution < -0.4 is 4.74 Å². The molecule has 0 saturated carbocycles. The average molecular weight is 449 g/mol. The van der Waals surface area contributed by atoms with Crippen molar-refractivity contribution in [2.24, 2.45) is 0 Å². The Morgan fingerprint density at radius 1 is 0.676 bits per heavy atom. The second kappa shape index (κ2) is 8.08. The molecule has 0 aliphatic rings. The summed E-state index contributed by atoms with van der Waals surface area (Å²) < 4.78 is 35.2. The number of fused-ring (bicyclic) bond motifs is 3. The van der Waals surface area contributed by atoms with Gasteiger partial charge in [-0.15, -0.1) is 0 Å². The molecule has 0 amide bonds. The molecule has 3 heterocycles. The van der Waals surface area contributed by atoms with Crippen LogP contribution in [0.25, 0.3) is 38.8 Å². The van der Waals surface area contributed by atoms with Crippen molar-refractivity contribution in [3.05, 3.63) is 115 Å². The summed E-state index contributed by atoms with van der Waals surface area (Å²) in [5.74, 6) is 0.298. The molecule has 0 saturated heterocycles. The second-order valence-electron chi connectivity index (χ2n) is 7.85. The van der Waals surface area contributed by atoms with E-state index in [4.69, 9.17) is 4.74 Å². The minimum atomic E-state index is -0.532. The van der Waals surface area contributed by atoms with Crippen molar-refractivity contribution in [2.45, 2.75) is 0 Å². The van der Waals surface area contributed by atoms with E-state index in [1.165, 1.54) is 24.4 Å². The lowest BCUT2D eigenvalue weighted by molar-refractivity contribution is 0.457. The van der Waals surface area contributed by atoms with Crippen LogP contribution >= 0.6 is 0 Å². The van der Waals surface area contributed by atoms with Crippen molar-refractivity contribution in [3.8, 4) is 28.6 Å². The third kappa shape index (κ3) is 3.55. The first-order chi connectivity index (χ1) is 16.7. The third-order valence-corrected chi connectivity index (χ3v) is 5.69. The quantitative estimate of drug-likeness (QED) is 0.265. The molecule has 0 N–H and O–H groups in total. The van der Waals surface area contributed by atoms with Gasteiger partial charge in [0.15, 0.2) is 0 Å². The van der Waals surface area contributed by atoms with Gasteiger partial charge in [-0.05, 0) is 53.6 Å². The van der Waals surface area contributed by atoms with Gasteiger partial charge in [-0.25, -0.2) is 14.4 Å². The summed E-state index contributed by atoms with van der Waals surface area (Å²) in [5, 5.41) is 2.10. The van der Waals surface area contributed by atoms with Gasteiger partial charge in [0, 0.05) is 23.0 Å². The smallest absolute Gasteiger partial charge is 0.222 e. The fourth-order valence-electron chi connectivity index (χ4n) is 4.22. The molecule has 0 aliphatic carbocycles. The molecule has 0 unspecified atom stereocenters. The predicted molar refractivity (Wildman–Crippen MR) is 128 cm³/mol. The topological polar surface area (TPSA) is 39.9 Å². The van der Waals surface area contributed by atoms with Crippen molar-refractivity contribution in [1.82, 2.24) is 14.5 Å². The average Bonchev–Trinajstić information content (AvgIpc) is 3.18. The Morgan fingerprint density at radius 2 is 1.50 bits per heavy atom. The van der Waals surface area contributed by atoms with Crippen molar-refractivity contribution in [1.29, 1.82) is 0 Å².